The highest BCUT2D eigenvalue weighted by molar-refractivity contribution is 6.04. The van der Waals surface area contributed by atoms with Crippen LogP contribution in [0.25, 0.3) is 0 Å². The minimum Gasteiger partial charge on any atom is -0.478 e. The van der Waals surface area contributed by atoms with Gasteiger partial charge in [-0.3, -0.25) is 4.79 Å². The van der Waals surface area contributed by atoms with E-state index >= 15 is 0 Å². The van der Waals surface area contributed by atoms with Crippen molar-refractivity contribution in [2.45, 2.75) is 38.1 Å². The predicted octanol–water partition coefficient (Wildman–Crippen LogP) is 1.75. The number of urea groups is 1. The molecule has 0 aromatic heterocycles. The Balaban J connectivity index is 1.71. The average molecular weight is 333 g/mol. The van der Waals surface area contributed by atoms with Gasteiger partial charge in [-0.2, -0.15) is 0 Å². The van der Waals surface area contributed by atoms with Crippen LogP contribution in [0.2, 0.25) is 0 Å². The number of nitrogens with one attached hydrogen (secondary N) is 3. The maximum absolute atomic E-state index is 12.0. The molecule has 1 aromatic carbocycles. The lowest BCUT2D eigenvalue weighted by Gasteiger charge is -2.22. The highest BCUT2D eigenvalue weighted by Gasteiger charge is 2.16. The number of carbonyl (C=O) groups is 3. The Hall–Kier alpha value is -2.57. The van der Waals surface area contributed by atoms with E-state index in [1.807, 2.05) is 0 Å². The van der Waals surface area contributed by atoms with Gasteiger partial charge in [0.05, 0.1) is 11.1 Å². The van der Waals surface area contributed by atoms with Gasteiger partial charge in [-0.05, 0) is 25.0 Å². The third-order valence-corrected chi connectivity index (χ3v) is 4.04. The topological polar surface area (TPSA) is 108 Å². The van der Waals surface area contributed by atoms with E-state index in [4.69, 9.17) is 5.11 Å². The molecule has 1 aliphatic rings. The van der Waals surface area contributed by atoms with Gasteiger partial charge in [0.1, 0.15) is 0 Å². The first-order chi connectivity index (χ1) is 11.6. The molecule has 0 saturated heterocycles. The van der Waals surface area contributed by atoms with Gasteiger partial charge in [0.15, 0.2) is 0 Å². The Kier molecular flexibility index (Phi) is 6.60. The third-order valence-electron chi connectivity index (χ3n) is 4.04. The molecule has 0 unspecified atom stereocenters. The number of carboxylic acid groups (broad SMARTS) is 1. The number of carbonyl (C=O) groups excluding carboxylic acids is 2. The first-order valence-corrected chi connectivity index (χ1v) is 8.23. The molecule has 0 heterocycles. The molecule has 0 atom stereocenters. The Morgan fingerprint density at radius 1 is 0.958 bits per heavy atom. The van der Waals surface area contributed by atoms with Crippen LogP contribution in [-0.2, 0) is 0 Å². The average Bonchev–Trinajstić information content (AvgIpc) is 2.59. The molecule has 1 aliphatic carbocycles. The zero-order valence-corrected chi connectivity index (χ0v) is 13.5. The van der Waals surface area contributed by atoms with E-state index < -0.39 is 11.9 Å². The van der Waals surface area contributed by atoms with E-state index in [-0.39, 0.29) is 36.3 Å². The fourth-order valence-corrected chi connectivity index (χ4v) is 2.80. The number of amides is 3. The second kappa shape index (κ2) is 8.90. The van der Waals surface area contributed by atoms with Crippen LogP contribution >= 0.6 is 0 Å². The van der Waals surface area contributed by atoms with Gasteiger partial charge in [0.25, 0.3) is 5.91 Å². The summed E-state index contributed by atoms with van der Waals surface area (Å²) in [7, 11) is 0. The van der Waals surface area contributed by atoms with E-state index in [0.717, 1.165) is 25.7 Å². The second-order valence-corrected chi connectivity index (χ2v) is 5.84. The zero-order valence-electron chi connectivity index (χ0n) is 13.5. The molecule has 1 fully saturated rings. The first-order valence-electron chi connectivity index (χ1n) is 8.23. The molecular weight excluding hydrogens is 310 g/mol. The number of hydrogen-bond donors (Lipinski definition) is 4. The lowest BCUT2D eigenvalue weighted by Crippen LogP contribution is -2.45. The van der Waals surface area contributed by atoms with Gasteiger partial charge >= 0.3 is 12.0 Å². The van der Waals surface area contributed by atoms with Crippen molar-refractivity contribution in [1.82, 2.24) is 16.0 Å². The molecule has 4 N–H and O–H groups in total. The summed E-state index contributed by atoms with van der Waals surface area (Å²) in [5, 5.41) is 17.3. The summed E-state index contributed by atoms with van der Waals surface area (Å²) in [6.45, 7) is 0.504. The maximum Gasteiger partial charge on any atom is 0.336 e. The Labute approximate surface area is 140 Å². The van der Waals surface area contributed by atoms with Gasteiger partial charge in [0, 0.05) is 19.1 Å². The van der Waals surface area contributed by atoms with Crippen molar-refractivity contribution in [2.24, 2.45) is 0 Å². The molecule has 0 aliphatic heterocycles. The monoisotopic (exact) mass is 333 g/mol. The van der Waals surface area contributed by atoms with Gasteiger partial charge in [0.2, 0.25) is 0 Å². The fourth-order valence-electron chi connectivity index (χ4n) is 2.80. The van der Waals surface area contributed by atoms with Gasteiger partial charge in [-0.15, -0.1) is 0 Å². The zero-order chi connectivity index (χ0) is 17.4. The largest absolute Gasteiger partial charge is 0.478 e. The number of aromatic carboxylic acids is 1. The quantitative estimate of drug-likeness (QED) is 0.595. The second-order valence-electron chi connectivity index (χ2n) is 5.84. The molecule has 24 heavy (non-hydrogen) atoms. The summed E-state index contributed by atoms with van der Waals surface area (Å²) < 4.78 is 0. The lowest BCUT2D eigenvalue weighted by atomic mass is 9.96. The van der Waals surface area contributed by atoms with Crippen LogP contribution < -0.4 is 16.0 Å². The molecule has 0 spiro atoms. The summed E-state index contributed by atoms with van der Waals surface area (Å²) >= 11 is 0. The van der Waals surface area contributed by atoms with Crippen molar-refractivity contribution in [3.05, 3.63) is 35.4 Å². The normalized spacial score (nSPS) is 14.7. The molecular formula is C17H23N3O4. The minimum absolute atomic E-state index is 0.0435. The summed E-state index contributed by atoms with van der Waals surface area (Å²) in [5.41, 5.74) is 0.0645. The minimum atomic E-state index is -1.15. The molecule has 2 rings (SSSR count). The molecule has 7 heteroatoms. The maximum atomic E-state index is 12.0. The smallest absolute Gasteiger partial charge is 0.336 e. The van der Waals surface area contributed by atoms with Crippen LogP contribution in [0.3, 0.4) is 0 Å². The van der Waals surface area contributed by atoms with E-state index in [1.54, 1.807) is 12.1 Å². The number of carboxylic acids is 1. The van der Waals surface area contributed by atoms with Crippen LogP contribution in [0, 0.1) is 0 Å². The molecule has 7 nitrogen and oxygen atoms in total. The van der Waals surface area contributed by atoms with Crippen LogP contribution in [-0.4, -0.2) is 42.1 Å². The molecule has 3 amide bonds. The van der Waals surface area contributed by atoms with Crippen LogP contribution in [0.15, 0.2) is 24.3 Å². The van der Waals surface area contributed by atoms with Crippen molar-refractivity contribution in [2.75, 3.05) is 13.1 Å². The number of rotatable bonds is 6. The van der Waals surface area contributed by atoms with Crippen molar-refractivity contribution in [3.8, 4) is 0 Å². The van der Waals surface area contributed by atoms with Crippen molar-refractivity contribution >= 4 is 17.9 Å². The first kappa shape index (κ1) is 17.8. The van der Waals surface area contributed by atoms with E-state index in [2.05, 4.69) is 16.0 Å². The molecule has 130 valence electrons. The van der Waals surface area contributed by atoms with Crippen LogP contribution in [0.1, 0.15) is 52.8 Å². The summed E-state index contributed by atoms with van der Waals surface area (Å²) in [4.78, 5) is 34.9. The van der Waals surface area contributed by atoms with E-state index in [0.29, 0.717) is 0 Å². The molecule has 0 radical (unpaired) electrons. The summed E-state index contributed by atoms with van der Waals surface area (Å²) in [6, 6.07) is 6.02. The van der Waals surface area contributed by atoms with Gasteiger partial charge in [-0.25, -0.2) is 9.59 Å². The number of benzene rings is 1. The van der Waals surface area contributed by atoms with Crippen molar-refractivity contribution < 1.29 is 19.5 Å². The molecule has 0 bridgehead atoms. The highest BCUT2D eigenvalue weighted by Crippen LogP contribution is 2.17. The Bertz CT molecular complexity index is 597. The van der Waals surface area contributed by atoms with Crippen molar-refractivity contribution in [1.29, 1.82) is 0 Å². The van der Waals surface area contributed by atoms with Gasteiger partial charge in [-0.1, -0.05) is 31.4 Å². The van der Waals surface area contributed by atoms with Crippen LogP contribution in [0.5, 0.6) is 0 Å². The Morgan fingerprint density at radius 2 is 1.58 bits per heavy atom. The molecule has 1 aromatic rings. The Morgan fingerprint density at radius 3 is 2.25 bits per heavy atom. The van der Waals surface area contributed by atoms with E-state index in [1.165, 1.54) is 18.6 Å². The van der Waals surface area contributed by atoms with Crippen molar-refractivity contribution in [3.63, 3.8) is 0 Å². The summed E-state index contributed by atoms with van der Waals surface area (Å²) in [6.07, 6.45) is 5.53. The lowest BCUT2D eigenvalue weighted by molar-refractivity contribution is 0.0691. The predicted molar refractivity (Wildman–Crippen MR) is 89.1 cm³/mol. The summed E-state index contributed by atoms with van der Waals surface area (Å²) in [5.74, 6) is -1.62. The SMILES string of the molecule is O=C(NCCNC(=O)c1ccccc1C(=O)O)NC1CCCCC1. The van der Waals surface area contributed by atoms with Crippen LogP contribution in [0.4, 0.5) is 4.79 Å². The standard InChI is InChI=1S/C17H23N3O4/c21-15(13-8-4-5-9-14(13)16(22)23)18-10-11-19-17(24)20-12-6-2-1-3-7-12/h4-5,8-9,12H,1-3,6-7,10-11H2,(H,18,21)(H,22,23)(H2,19,20,24). The third kappa shape index (κ3) is 5.26. The number of hydrogen-bond acceptors (Lipinski definition) is 3. The fraction of sp³-hybridized carbons (Fsp3) is 0.471. The van der Waals surface area contributed by atoms with E-state index in [9.17, 15) is 14.4 Å². The highest BCUT2D eigenvalue weighted by atomic mass is 16.4. The van der Waals surface area contributed by atoms with Gasteiger partial charge < -0.3 is 21.1 Å². The molecule has 1 saturated carbocycles.